The van der Waals surface area contributed by atoms with E-state index in [9.17, 15) is 19.2 Å². The van der Waals surface area contributed by atoms with Gasteiger partial charge in [-0.1, -0.05) is 102 Å². The van der Waals surface area contributed by atoms with E-state index < -0.39 is 29.7 Å². The molecule has 1 saturated carbocycles. The van der Waals surface area contributed by atoms with E-state index in [0.717, 1.165) is 48.9 Å². The van der Waals surface area contributed by atoms with E-state index in [1.807, 2.05) is 91.5 Å². The molecular formula is C49H71N7O6. The summed E-state index contributed by atoms with van der Waals surface area (Å²) in [5, 5.41) is 3.28. The molecule has 0 radical (unpaired) electrons. The van der Waals surface area contributed by atoms with Crippen molar-refractivity contribution >= 4 is 23.6 Å². The minimum absolute atomic E-state index is 0.00663. The molecule has 3 aliphatic rings. The van der Waals surface area contributed by atoms with E-state index in [0.29, 0.717) is 25.2 Å². The van der Waals surface area contributed by atoms with Gasteiger partial charge in [0.15, 0.2) is 0 Å². The molecule has 2 aromatic carbocycles. The van der Waals surface area contributed by atoms with Gasteiger partial charge >= 0.3 is 0 Å². The molecule has 3 aromatic rings. The Morgan fingerprint density at radius 3 is 2.27 bits per heavy atom. The Labute approximate surface area is 368 Å². The number of primary amides is 1. The molecule has 6 rings (SSSR count). The van der Waals surface area contributed by atoms with Crippen LogP contribution in [0.15, 0.2) is 66.9 Å². The summed E-state index contributed by atoms with van der Waals surface area (Å²) in [6.07, 6.45) is 5.96. The Kier molecular flexibility index (Phi) is 15.3. The van der Waals surface area contributed by atoms with E-state index in [4.69, 9.17) is 20.2 Å². The number of rotatable bonds is 20. The maximum atomic E-state index is 14.9. The summed E-state index contributed by atoms with van der Waals surface area (Å²) < 4.78 is 12.3. The number of likely N-dealkylation sites (tertiary alicyclic amines) is 2. The van der Waals surface area contributed by atoms with Gasteiger partial charge in [0.25, 0.3) is 0 Å². The first-order valence-electron chi connectivity index (χ1n) is 22.8. The number of carbonyl (C=O) groups is 4. The topological polar surface area (TPSA) is 163 Å². The van der Waals surface area contributed by atoms with Gasteiger partial charge in [-0.2, -0.15) is 0 Å². The summed E-state index contributed by atoms with van der Waals surface area (Å²) in [7, 11) is 7.03. The van der Waals surface area contributed by atoms with Gasteiger partial charge in [-0.05, 0) is 74.5 Å². The fourth-order valence-electron chi connectivity index (χ4n) is 11.5. The number of aromatic nitrogens is 2. The molecule has 3 heterocycles. The standard InChI is InChI=1S/C49H71N7O6/c1-10-31(4)42(54(6)48(60)41(30(2)3)49-24-23-35(28-49)43(45(50)58)55(49)7)39(61-8)27-40(57)56-25-17-22-38(56)44(62-9)32(5)47(59)53-36(26-33-18-13-11-14-19-33)46-51-29-37(52-46)34-20-15-12-16-21-34/h11-16,18-21,29-32,35-36,38-39,41-44H,10,17,22-28H2,1-9H3,(H2,50,58)(H,51,52)(H,53,59)/t31-,32+,35?,36-,38-,39+,41+,42-,43?,44+,49?/m0/s1. The number of benzene rings is 2. The van der Waals surface area contributed by atoms with Gasteiger partial charge in [0.2, 0.25) is 23.6 Å². The molecule has 13 nitrogen and oxygen atoms in total. The lowest BCUT2D eigenvalue weighted by Crippen LogP contribution is -2.61. The van der Waals surface area contributed by atoms with Crippen molar-refractivity contribution in [1.29, 1.82) is 0 Å². The maximum Gasteiger partial charge on any atom is 0.235 e. The second-order valence-corrected chi connectivity index (χ2v) is 18.7. The lowest BCUT2D eigenvalue weighted by molar-refractivity contribution is -0.153. The number of hydrogen-bond donors (Lipinski definition) is 3. The lowest BCUT2D eigenvalue weighted by atomic mass is 9.74. The van der Waals surface area contributed by atoms with E-state index in [1.54, 1.807) is 20.4 Å². The zero-order valence-electron chi connectivity index (χ0n) is 38.4. The van der Waals surface area contributed by atoms with Crippen molar-refractivity contribution < 1.29 is 28.7 Å². The average Bonchev–Trinajstić information content (AvgIpc) is 4.09. The zero-order valence-corrected chi connectivity index (χ0v) is 38.4. The van der Waals surface area contributed by atoms with E-state index in [1.165, 1.54) is 0 Å². The van der Waals surface area contributed by atoms with Gasteiger partial charge in [0, 0.05) is 33.4 Å². The van der Waals surface area contributed by atoms with Crippen molar-refractivity contribution in [3.8, 4) is 11.3 Å². The first-order valence-corrected chi connectivity index (χ1v) is 22.8. The SMILES string of the molecule is CC[C@H](C)[C@@H]([C@@H](CC(=O)N1CCC[C@H]1[C@H](OC)[C@@H](C)C(=O)N[C@@H](Cc1ccccc1)c1ncc(-c2ccccc2)[nH]1)OC)N(C)C(=O)[C@@H](C(C)C)C12CCC(C1)C(C(N)=O)N2C. The second kappa shape index (κ2) is 20.3. The average molecular weight is 854 g/mol. The molecular weight excluding hydrogens is 783 g/mol. The zero-order chi connectivity index (χ0) is 44.9. The van der Waals surface area contributed by atoms with Crippen molar-refractivity contribution in [2.75, 3.05) is 34.9 Å². The molecule has 62 heavy (non-hydrogen) atoms. The Morgan fingerprint density at radius 2 is 1.68 bits per heavy atom. The quantitative estimate of drug-likeness (QED) is 0.125. The molecule has 1 aromatic heterocycles. The van der Waals surface area contributed by atoms with Crippen LogP contribution in [0, 0.1) is 29.6 Å². The first kappa shape index (κ1) is 46.9. The predicted octanol–water partition coefficient (Wildman–Crippen LogP) is 6.01. The van der Waals surface area contributed by atoms with Crippen LogP contribution in [-0.2, 0) is 35.1 Å². The van der Waals surface area contributed by atoms with Crippen LogP contribution in [0.25, 0.3) is 11.3 Å². The van der Waals surface area contributed by atoms with Crippen LogP contribution in [0.2, 0.25) is 0 Å². The number of aromatic amines is 1. The maximum absolute atomic E-state index is 14.9. The number of likely N-dealkylation sites (N-methyl/N-ethyl adjacent to an activating group) is 2. The summed E-state index contributed by atoms with van der Waals surface area (Å²) in [6.45, 7) is 10.8. The molecule has 1 aliphatic carbocycles. The molecule has 3 unspecified atom stereocenters. The highest BCUT2D eigenvalue weighted by Gasteiger charge is 2.62. The number of imidazole rings is 1. The second-order valence-electron chi connectivity index (χ2n) is 18.7. The number of piperidine rings is 1. The van der Waals surface area contributed by atoms with Gasteiger partial charge in [-0.3, -0.25) is 24.1 Å². The Bertz CT molecular complexity index is 1980. The fourth-order valence-corrected chi connectivity index (χ4v) is 11.5. The molecule has 4 N–H and O–H groups in total. The first-order chi connectivity index (χ1) is 29.7. The van der Waals surface area contributed by atoms with Crippen LogP contribution in [-0.4, -0.2) is 119 Å². The molecule has 4 amide bonds. The number of H-pyrrole nitrogens is 1. The van der Waals surface area contributed by atoms with Gasteiger partial charge < -0.3 is 35.3 Å². The smallest absolute Gasteiger partial charge is 0.235 e. The van der Waals surface area contributed by atoms with Crippen molar-refractivity contribution in [3.63, 3.8) is 0 Å². The van der Waals surface area contributed by atoms with Crippen LogP contribution in [0.3, 0.4) is 0 Å². The molecule has 2 bridgehead atoms. The summed E-state index contributed by atoms with van der Waals surface area (Å²) >= 11 is 0. The third-order valence-corrected chi connectivity index (χ3v) is 14.8. The van der Waals surface area contributed by atoms with Gasteiger partial charge in [0.05, 0.1) is 66.5 Å². The highest BCUT2D eigenvalue weighted by Crippen LogP contribution is 2.55. The molecule has 13 heteroatoms. The number of nitrogens with zero attached hydrogens (tertiary/aromatic N) is 4. The number of nitrogens with one attached hydrogen (secondary N) is 2. The van der Waals surface area contributed by atoms with Crippen LogP contribution in [0.5, 0.6) is 0 Å². The van der Waals surface area contributed by atoms with Crippen molar-refractivity contribution in [2.24, 2.45) is 35.3 Å². The third-order valence-electron chi connectivity index (χ3n) is 14.8. The molecule has 2 aliphatic heterocycles. The Hall–Kier alpha value is -4.59. The predicted molar refractivity (Wildman–Crippen MR) is 240 cm³/mol. The van der Waals surface area contributed by atoms with Gasteiger partial charge in [-0.15, -0.1) is 0 Å². The summed E-state index contributed by atoms with van der Waals surface area (Å²) in [6, 6.07) is 18.4. The Morgan fingerprint density at radius 1 is 1.00 bits per heavy atom. The number of amides is 4. The van der Waals surface area contributed by atoms with Gasteiger partial charge in [0.1, 0.15) is 5.82 Å². The number of ether oxygens (including phenoxy) is 2. The molecule has 338 valence electrons. The summed E-state index contributed by atoms with van der Waals surface area (Å²) in [5.74, 6) is -0.740. The normalized spacial score (nSPS) is 24.6. The van der Waals surface area contributed by atoms with E-state index in [-0.39, 0.29) is 71.8 Å². The number of fused-ring (bicyclic) bond motifs is 2. The lowest BCUT2D eigenvalue weighted by Gasteiger charge is -2.48. The number of nitrogens with two attached hydrogens (primary N) is 1. The monoisotopic (exact) mass is 854 g/mol. The molecule has 2 saturated heterocycles. The largest absolute Gasteiger partial charge is 0.379 e. The van der Waals surface area contributed by atoms with Crippen LogP contribution in [0.4, 0.5) is 0 Å². The van der Waals surface area contributed by atoms with E-state index in [2.05, 4.69) is 42.9 Å². The minimum atomic E-state index is -0.597. The fraction of sp³-hybridized carbons (Fsp3) is 0.612. The van der Waals surface area contributed by atoms with Crippen molar-refractivity contribution in [3.05, 3.63) is 78.2 Å². The van der Waals surface area contributed by atoms with Crippen LogP contribution < -0.4 is 11.1 Å². The van der Waals surface area contributed by atoms with Crippen LogP contribution in [0.1, 0.15) is 97.0 Å². The highest BCUT2D eigenvalue weighted by atomic mass is 16.5. The van der Waals surface area contributed by atoms with Gasteiger partial charge in [-0.25, -0.2) is 4.98 Å². The summed E-state index contributed by atoms with van der Waals surface area (Å²) in [5.41, 5.74) is 8.36. The number of hydrogen-bond acceptors (Lipinski definition) is 8. The third kappa shape index (κ3) is 9.50. The number of carbonyl (C=O) groups excluding carboxylic acids is 4. The highest BCUT2D eigenvalue weighted by molar-refractivity contribution is 5.84. The van der Waals surface area contributed by atoms with Crippen molar-refractivity contribution in [1.82, 2.24) is 30.0 Å². The Balaban J connectivity index is 1.18. The minimum Gasteiger partial charge on any atom is -0.379 e. The van der Waals surface area contributed by atoms with E-state index >= 15 is 0 Å². The molecule has 11 atom stereocenters. The van der Waals surface area contributed by atoms with Crippen LogP contribution >= 0.6 is 0 Å². The number of methoxy groups -OCH3 is 2. The molecule has 3 fully saturated rings. The van der Waals surface area contributed by atoms with Crippen molar-refractivity contribution in [2.45, 2.75) is 128 Å². The molecule has 0 spiro atoms. The summed E-state index contributed by atoms with van der Waals surface area (Å²) in [4.78, 5) is 70.3.